The third-order valence-electron chi connectivity index (χ3n) is 7.19. The van der Waals surface area contributed by atoms with Gasteiger partial charge in [0.1, 0.15) is 0 Å². The van der Waals surface area contributed by atoms with E-state index in [0.29, 0.717) is 23.8 Å². The zero-order valence-electron chi connectivity index (χ0n) is 19.3. The molecule has 5 rings (SSSR count). The molecule has 0 radical (unpaired) electrons. The van der Waals surface area contributed by atoms with Gasteiger partial charge in [0.05, 0.1) is 28.3 Å². The van der Waals surface area contributed by atoms with Gasteiger partial charge < -0.3 is 9.13 Å². The lowest BCUT2D eigenvalue weighted by Gasteiger charge is -2.25. The van der Waals surface area contributed by atoms with Crippen LogP contribution in [0.25, 0.3) is 11.0 Å². The van der Waals surface area contributed by atoms with Crippen molar-refractivity contribution < 1.29 is 13.2 Å². The van der Waals surface area contributed by atoms with Crippen LogP contribution >= 0.6 is 11.8 Å². The van der Waals surface area contributed by atoms with Gasteiger partial charge in [-0.25, -0.2) is 13.4 Å². The van der Waals surface area contributed by atoms with Crippen molar-refractivity contribution in [2.45, 2.75) is 69.6 Å². The summed E-state index contributed by atoms with van der Waals surface area (Å²) in [5, 5.41) is 0.923. The lowest BCUT2D eigenvalue weighted by atomic mass is 9.95. The lowest BCUT2D eigenvalue weighted by molar-refractivity contribution is 0.102. The Balaban J connectivity index is 1.38. The molecule has 33 heavy (non-hydrogen) atoms. The molecule has 8 heteroatoms. The molecular formula is C25H31N3O3S2. The zero-order chi connectivity index (χ0) is 23.2. The number of hydrogen-bond donors (Lipinski definition) is 0. The summed E-state index contributed by atoms with van der Waals surface area (Å²) in [5.41, 5.74) is 4.67. The minimum atomic E-state index is -2.98. The number of nitrogens with zero attached hydrogens (tertiary/aromatic N) is 3. The number of benzene rings is 1. The van der Waals surface area contributed by atoms with E-state index in [4.69, 9.17) is 4.98 Å². The molecule has 1 atom stereocenters. The number of carbonyl (C=O) groups excluding carboxylic acids is 1. The molecule has 0 unspecified atom stereocenters. The summed E-state index contributed by atoms with van der Waals surface area (Å²) in [4.78, 5) is 18.1. The second-order valence-electron chi connectivity index (χ2n) is 9.47. The van der Waals surface area contributed by atoms with Crippen LogP contribution in [0.3, 0.4) is 0 Å². The van der Waals surface area contributed by atoms with E-state index in [0.717, 1.165) is 40.4 Å². The summed E-state index contributed by atoms with van der Waals surface area (Å²) < 4.78 is 28.4. The van der Waals surface area contributed by atoms with Gasteiger partial charge in [-0.1, -0.05) is 43.2 Å². The Labute approximate surface area is 199 Å². The lowest BCUT2D eigenvalue weighted by Crippen LogP contribution is -2.15. The number of thioether (sulfide) groups is 1. The van der Waals surface area contributed by atoms with Gasteiger partial charge in [0, 0.05) is 29.0 Å². The molecule has 0 bridgehead atoms. The van der Waals surface area contributed by atoms with Crippen LogP contribution in [0.1, 0.15) is 72.4 Å². The Morgan fingerprint density at radius 3 is 2.55 bits per heavy atom. The summed E-state index contributed by atoms with van der Waals surface area (Å²) in [6, 6.07) is 10.5. The van der Waals surface area contributed by atoms with Crippen LogP contribution < -0.4 is 0 Å². The number of para-hydroxylation sites is 2. The summed E-state index contributed by atoms with van der Waals surface area (Å²) in [6.07, 6.45) is 6.71. The van der Waals surface area contributed by atoms with Crippen LogP contribution in [-0.4, -0.2) is 45.6 Å². The highest BCUT2D eigenvalue weighted by Crippen LogP contribution is 2.36. The monoisotopic (exact) mass is 485 g/mol. The fourth-order valence-electron chi connectivity index (χ4n) is 5.62. The maximum atomic E-state index is 13.3. The van der Waals surface area contributed by atoms with Gasteiger partial charge in [0.2, 0.25) is 0 Å². The van der Waals surface area contributed by atoms with Gasteiger partial charge in [-0.15, -0.1) is 0 Å². The Bertz CT molecular complexity index is 1300. The van der Waals surface area contributed by atoms with Crippen LogP contribution in [0.2, 0.25) is 0 Å². The van der Waals surface area contributed by atoms with Crippen molar-refractivity contribution in [1.29, 1.82) is 0 Å². The van der Waals surface area contributed by atoms with E-state index in [1.54, 1.807) is 0 Å². The quantitative estimate of drug-likeness (QED) is 0.350. The number of sulfone groups is 1. The standard InChI is InChI=1S/C25H31N3O3S2/c1-17-14-21(18(2)27(17)20-12-13-33(30,31)16-20)24(29)15-32-25-26-22-10-6-7-11-23(22)28(25)19-8-4-3-5-9-19/h6-7,10-11,14,19-20H,3-5,8-9,12-13,15-16H2,1-2H3/t20-/m0/s1. The molecule has 6 nitrogen and oxygen atoms in total. The molecular weight excluding hydrogens is 454 g/mol. The molecule has 2 fully saturated rings. The van der Waals surface area contributed by atoms with Gasteiger partial charge in [-0.05, 0) is 51.3 Å². The summed E-state index contributed by atoms with van der Waals surface area (Å²) in [6.45, 7) is 3.90. The second kappa shape index (κ2) is 8.95. The first-order valence-corrected chi connectivity index (χ1v) is 14.7. The van der Waals surface area contributed by atoms with Crippen molar-refractivity contribution in [1.82, 2.24) is 14.1 Å². The van der Waals surface area contributed by atoms with Crippen LogP contribution in [0, 0.1) is 13.8 Å². The highest BCUT2D eigenvalue weighted by atomic mass is 32.2. The number of fused-ring (bicyclic) bond motifs is 1. The van der Waals surface area contributed by atoms with E-state index >= 15 is 0 Å². The second-order valence-corrected chi connectivity index (χ2v) is 12.6. The predicted molar refractivity (Wildman–Crippen MR) is 133 cm³/mol. The van der Waals surface area contributed by atoms with Gasteiger partial charge in [0.15, 0.2) is 20.8 Å². The molecule has 3 heterocycles. The number of ketones is 1. The van der Waals surface area contributed by atoms with Gasteiger partial charge in [-0.2, -0.15) is 0 Å². The van der Waals surface area contributed by atoms with E-state index < -0.39 is 9.84 Å². The molecule has 176 valence electrons. The largest absolute Gasteiger partial charge is 0.344 e. The number of rotatable bonds is 6. The van der Waals surface area contributed by atoms with Crippen molar-refractivity contribution in [2.75, 3.05) is 17.3 Å². The van der Waals surface area contributed by atoms with E-state index in [1.165, 1.54) is 31.0 Å². The molecule has 1 aliphatic heterocycles. The fraction of sp³-hybridized carbons (Fsp3) is 0.520. The van der Waals surface area contributed by atoms with E-state index in [2.05, 4.69) is 21.3 Å². The molecule has 0 spiro atoms. The molecule has 2 aromatic heterocycles. The molecule has 0 N–H and O–H groups in total. The van der Waals surface area contributed by atoms with Crippen molar-refractivity contribution in [2.24, 2.45) is 0 Å². The Kier molecular flexibility index (Phi) is 6.16. The molecule has 2 aliphatic rings. The van der Waals surface area contributed by atoms with Gasteiger partial charge in [0.25, 0.3) is 0 Å². The number of aryl methyl sites for hydroxylation is 1. The summed E-state index contributed by atoms with van der Waals surface area (Å²) in [5.74, 6) is 0.786. The minimum absolute atomic E-state index is 0.0697. The highest BCUT2D eigenvalue weighted by Gasteiger charge is 2.32. The topological polar surface area (TPSA) is 74.0 Å². The third kappa shape index (κ3) is 4.39. The van der Waals surface area contributed by atoms with Crippen molar-refractivity contribution in [3.63, 3.8) is 0 Å². The molecule has 1 saturated heterocycles. The zero-order valence-corrected chi connectivity index (χ0v) is 20.9. The van der Waals surface area contributed by atoms with Crippen molar-refractivity contribution in [3.8, 4) is 0 Å². The van der Waals surface area contributed by atoms with Crippen molar-refractivity contribution in [3.05, 3.63) is 47.3 Å². The molecule has 1 saturated carbocycles. The average molecular weight is 486 g/mol. The van der Waals surface area contributed by atoms with E-state index in [-0.39, 0.29) is 23.3 Å². The summed E-state index contributed by atoms with van der Waals surface area (Å²) in [7, 11) is -2.98. The van der Waals surface area contributed by atoms with Crippen LogP contribution in [-0.2, 0) is 9.84 Å². The minimum Gasteiger partial charge on any atom is -0.344 e. The summed E-state index contributed by atoms with van der Waals surface area (Å²) >= 11 is 1.52. The molecule has 1 aliphatic carbocycles. The Hall–Kier alpha value is -2.06. The highest BCUT2D eigenvalue weighted by molar-refractivity contribution is 7.99. The number of imidazole rings is 1. The van der Waals surface area contributed by atoms with Gasteiger partial charge >= 0.3 is 0 Å². The van der Waals surface area contributed by atoms with Gasteiger partial charge in [-0.3, -0.25) is 4.79 Å². The number of carbonyl (C=O) groups is 1. The molecule has 3 aromatic rings. The number of hydrogen-bond acceptors (Lipinski definition) is 5. The third-order valence-corrected chi connectivity index (χ3v) is 9.90. The van der Waals surface area contributed by atoms with E-state index in [1.807, 2.05) is 32.0 Å². The normalized spacial score (nSPS) is 21.1. The number of Topliss-reactive ketones (excluding diaryl/α,β-unsaturated/α-hetero) is 1. The Morgan fingerprint density at radius 1 is 1.06 bits per heavy atom. The first kappa shape index (κ1) is 22.7. The SMILES string of the molecule is Cc1cc(C(=O)CSc2nc3ccccc3n2C2CCCCC2)c(C)n1[C@H]1CCS(=O)(=O)C1. The first-order valence-electron chi connectivity index (χ1n) is 11.9. The maximum absolute atomic E-state index is 13.3. The Morgan fingerprint density at radius 2 is 1.82 bits per heavy atom. The fourth-order valence-corrected chi connectivity index (χ4v) is 8.29. The number of aromatic nitrogens is 3. The van der Waals surface area contributed by atoms with Crippen LogP contribution in [0.15, 0.2) is 35.5 Å². The average Bonchev–Trinajstić information content (AvgIpc) is 3.44. The van der Waals surface area contributed by atoms with Crippen LogP contribution in [0.5, 0.6) is 0 Å². The van der Waals surface area contributed by atoms with E-state index in [9.17, 15) is 13.2 Å². The predicted octanol–water partition coefficient (Wildman–Crippen LogP) is 5.29. The maximum Gasteiger partial charge on any atom is 0.175 e. The first-order chi connectivity index (χ1) is 15.8. The van der Waals surface area contributed by atoms with Crippen molar-refractivity contribution >= 4 is 38.4 Å². The smallest absolute Gasteiger partial charge is 0.175 e. The van der Waals surface area contributed by atoms with Crippen LogP contribution in [0.4, 0.5) is 0 Å². The molecule has 1 aromatic carbocycles. The molecule has 0 amide bonds.